The lowest BCUT2D eigenvalue weighted by Crippen LogP contribution is -2.53. The van der Waals surface area contributed by atoms with E-state index < -0.39 is 0 Å². The van der Waals surface area contributed by atoms with Gasteiger partial charge in [0.1, 0.15) is 11.6 Å². The smallest absolute Gasteiger partial charge is 0.136 e. The molecule has 2 atom stereocenters. The van der Waals surface area contributed by atoms with E-state index in [1.165, 1.54) is 44.8 Å². The van der Waals surface area contributed by atoms with E-state index >= 15 is 0 Å². The largest absolute Gasteiger partial charge is 0.367 e. The maximum atomic E-state index is 5.12. The number of aryl methyl sites for hydroxylation is 2. The number of piperazine rings is 1. The highest BCUT2D eigenvalue weighted by Crippen LogP contribution is 2.35. The van der Waals surface area contributed by atoms with Crippen molar-refractivity contribution in [1.29, 1.82) is 0 Å². The zero-order valence-electron chi connectivity index (χ0n) is 21.9. The molecule has 2 aromatic carbocycles. The maximum absolute atomic E-state index is 5.12. The minimum Gasteiger partial charge on any atom is -0.367 e. The molecule has 0 spiro atoms. The Labute approximate surface area is 215 Å². The van der Waals surface area contributed by atoms with Gasteiger partial charge in [-0.15, -0.1) is 0 Å². The van der Waals surface area contributed by atoms with E-state index in [1.807, 2.05) is 0 Å². The van der Waals surface area contributed by atoms with Crippen molar-refractivity contribution in [2.45, 2.75) is 58.7 Å². The number of hydrogen-bond acceptors (Lipinski definition) is 6. The molecule has 2 saturated heterocycles. The quantitative estimate of drug-likeness (QED) is 0.524. The monoisotopic (exact) mass is 482 g/mol. The van der Waals surface area contributed by atoms with E-state index in [0.29, 0.717) is 12.1 Å². The zero-order chi connectivity index (χ0) is 24.8. The van der Waals surface area contributed by atoms with Gasteiger partial charge in [0.2, 0.25) is 0 Å². The van der Waals surface area contributed by atoms with Crippen LogP contribution in [-0.2, 0) is 19.4 Å². The zero-order valence-corrected chi connectivity index (χ0v) is 21.9. The van der Waals surface area contributed by atoms with Crippen molar-refractivity contribution in [1.82, 2.24) is 20.2 Å². The van der Waals surface area contributed by atoms with Crippen LogP contribution < -0.4 is 15.1 Å². The van der Waals surface area contributed by atoms with E-state index in [-0.39, 0.29) is 0 Å². The lowest BCUT2D eigenvalue weighted by atomic mass is 9.99. The molecule has 6 nitrogen and oxygen atoms in total. The molecule has 3 aliphatic heterocycles. The van der Waals surface area contributed by atoms with E-state index in [4.69, 9.17) is 9.97 Å². The molecule has 3 aromatic rings. The van der Waals surface area contributed by atoms with Crippen molar-refractivity contribution < 1.29 is 0 Å². The molecule has 0 saturated carbocycles. The fourth-order valence-corrected chi connectivity index (χ4v) is 6.12. The van der Waals surface area contributed by atoms with Crippen molar-refractivity contribution >= 4 is 22.3 Å². The number of benzene rings is 2. The summed E-state index contributed by atoms with van der Waals surface area (Å²) in [4.78, 5) is 17.8. The minimum absolute atomic E-state index is 0.475. The number of rotatable bonds is 6. The fraction of sp³-hybridized carbons (Fsp3) is 0.467. The number of nitrogens with one attached hydrogen (secondary N) is 1. The van der Waals surface area contributed by atoms with Gasteiger partial charge in [0.15, 0.2) is 0 Å². The Hall–Kier alpha value is -3.12. The molecular formula is C30H38N6. The summed E-state index contributed by atoms with van der Waals surface area (Å²) >= 11 is 0. The number of hydrogen-bond donors (Lipinski definition) is 1. The highest BCUT2D eigenvalue weighted by atomic mass is 15.3. The van der Waals surface area contributed by atoms with Crippen LogP contribution in [0.5, 0.6) is 0 Å². The number of anilines is 2. The lowest BCUT2D eigenvalue weighted by Gasteiger charge is -2.45. The van der Waals surface area contributed by atoms with Crippen LogP contribution in [0, 0.1) is 6.92 Å². The van der Waals surface area contributed by atoms with Crippen LogP contribution in [0.25, 0.3) is 10.8 Å². The highest BCUT2D eigenvalue weighted by Gasteiger charge is 2.35. The van der Waals surface area contributed by atoms with E-state index in [2.05, 4.69) is 83.8 Å². The molecule has 4 heterocycles. The summed E-state index contributed by atoms with van der Waals surface area (Å²) < 4.78 is 0. The average molecular weight is 483 g/mol. The third-order valence-electron chi connectivity index (χ3n) is 8.27. The molecule has 6 rings (SSSR count). The number of aromatic nitrogens is 2. The number of fused-ring (bicyclic) bond motifs is 2. The Morgan fingerprint density at radius 1 is 1.06 bits per heavy atom. The van der Waals surface area contributed by atoms with Gasteiger partial charge in [-0.25, -0.2) is 9.97 Å². The summed E-state index contributed by atoms with van der Waals surface area (Å²) in [6.45, 7) is 17.0. The van der Waals surface area contributed by atoms with Gasteiger partial charge in [-0.3, -0.25) is 0 Å². The summed E-state index contributed by atoms with van der Waals surface area (Å²) in [6, 6.07) is 14.2. The van der Waals surface area contributed by atoms with Crippen molar-refractivity contribution in [2.24, 2.45) is 0 Å². The minimum atomic E-state index is 0.475. The van der Waals surface area contributed by atoms with E-state index in [0.717, 1.165) is 64.4 Å². The Bertz CT molecular complexity index is 1290. The molecule has 1 N–H and O–H groups in total. The molecular weight excluding hydrogens is 444 g/mol. The van der Waals surface area contributed by atoms with Gasteiger partial charge in [0, 0.05) is 67.5 Å². The SMILES string of the molecule is C=C(C1CN1)N1CCN(c2nc(CC)nc3c2CCN(c2cccc4cccc(C)c24)C3)CC1CC. The topological polar surface area (TPSA) is 57.4 Å². The standard InChI is InChI=1S/C30H38N6/c1-5-23-18-35(15-16-36(23)21(4)25-17-31-25)30-24-13-14-34(19-26(24)32-28(6-2)33-30)27-12-8-11-22-10-7-9-20(3)29(22)27/h7-12,23,25,31H,4-6,13-19H2,1-3H3. The molecule has 6 heteroatoms. The fourth-order valence-electron chi connectivity index (χ4n) is 6.12. The van der Waals surface area contributed by atoms with Gasteiger partial charge in [-0.05, 0) is 36.8 Å². The van der Waals surface area contributed by atoms with Gasteiger partial charge in [0.05, 0.1) is 18.3 Å². The molecule has 188 valence electrons. The Kier molecular flexibility index (Phi) is 6.08. The first-order valence-electron chi connectivity index (χ1n) is 13.6. The summed E-state index contributed by atoms with van der Waals surface area (Å²) in [5.41, 5.74) is 6.47. The average Bonchev–Trinajstić information content (AvgIpc) is 3.77. The first-order valence-corrected chi connectivity index (χ1v) is 13.6. The Morgan fingerprint density at radius 2 is 1.86 bits per heavy atom. The van der Waals surface area contributed by atoms with Crippen molar-refractivity contribution in [3.63, 3.8) is 0 Å². The predicted octanol–water partition coefficient (Wildman–Crippen LogP) is 4.45. The highest BCUT2D eigenvalue weighted by molar-refractivity contribution is 5.97. The van der Waals surface area contributed by atoms with E-state index in [9.17, 15) is 0 Å². The summed E-state index contributed by atoms with van der Waals surface area (Å²) in [7, 11) is 0. The third-order valence-corrected chi connectivity index (χ3v) is 8.27. The second-order valence-electron chi connectivity index (χ2n) is 10.5. The molecule has 0 radical (unpaired) electrons. The molecule has 0 amide bonds. The van der Waals surface area contributed by atoms with Crippen molar-refractivity contribution in [3.05, 3.63) is 71.3 Å². The maximum Gasteiger partial charge on any atom is 0.136 e. The van der Waals surface area contributed by atoms with Crippen LogP contribution in [0.3, 0.4) is 0 Å². The van der Waals surface area contributed by atoms with Gasteiger partial charge >= 0.3 is 0 Å². The molecule has 3 aliphatic rings. The Balaban J connectivity index is 1.31. The van der Waals surface area contributed by atoms with Crippen molar-refractivity contribution in [3.8, 4) is 0 Å². The van der Waals surface area contributed by atoms with Gasteiger partial charge in [0.25, 0.3) is 0 Å². The molecule has 2 fully saturated rings. The summed E-state index contributed by atoms with van der Waals surface area (Å²) in [5, 5.41) is 6.10. The van der Waals surface area contributed by atoms with Crippen LogP contribution in [0.2, 0.25) is 0 Å². The second-order valence-corrected chi connectivity index (χ2v) is 10.5. The summed E-state index contributed by atoms with van der Waals surface area (Å²) in [6.07, 6.45) is 2.95. The van der Waals surface area contributed by atoms with Crippen LogP contribution >= 0.6 is 0 Å². The molecule has 1 aromatic heterocycles. The first kappa shape index (κ1) is 23.3. The Morgan fingerprint density at radius 3 is 2.61 bits per heavy atom. The van der Waals surface area contributed by atoms with Crippen LogP contribution in [0.4, 0.5) is 11.5 Å². The van der Waals surface area contributed by atoms with Gasteiger partial charge in [-0.2, -0.15) is 0 Å². The second kappa shape index (κ2) is 9.40. The molecule has 0 aliphatic carbocycles. The summed E-state index contributed by atoms with van der Waals surface area (Å²) in [5.74, 6) is 2.14. The van der Waals surface area contributed by atoms with Crippen LogP contribution in [0.15, 0.2) is 48.7 Å². The van der Waals surface area contributed by atoms with Crippen molar-refractivity contribution in [2.75, 3.05) is 42.5 Å². The molecule has 2 unspecified atom stereocenters. The normalized spacial score (nSPS) is 21.6. The predicted molar refractivity (Wildman–Crippen MR) is 149 cm³/mol. The first-order chi connectivity index (χ1) is 17.6. The van der Waals surface area contributed by atoms with Crippen LogP contribution in [-0.4, -0.2) is 59.7 Å². The van der Waals surface area contributed by atoms with Gasteiger partial charge in [-0.1, -0.05) is 50.8 Å². The number of nitrogens with zero attached hydrogens (tertiary/aromatic N) is 5. The lowest BCUT2D eigenvalue weighted by molar-refractivity contribution is 0.217. The van der Waals surface area contributed by atoms with Crippen LogP contribution in [0.1, 0.15) is 42.9 Å². The third kappa shape index (κ3) is 4.11. The molecule has 36 heavy (non-hydrogen) atoms. The van der Waals surface area contributed by atoms with Gasteiger partial charge < -0.3 is 20.0 Å². The van der Waals surface area contributed by atoms with E-state index in [1.54, 1.807) is 0 Å². The molecule has 0 bridgehead atoms.